The SMILES string of the molecule is CC(N=C(N)c1ccccc1)C(=O)N1CCOCC1. The van der Waals surface area contributed by atoms with Crippen molar-refractivity contribution in [3.05, 3.63) is 35.9 Å². The Balaban J connectivity index is 2.03. The van der Waals surface area contributed by atoms with E-state index in [1.807, 2.05) is 30.3 Å². The number of amidine groups is 1. The van der Waals surface area contributed by atoms with Crippen molar-refractivity contribution >= 4 is 11.7 Å². The number of benzene rings is 1. The lowest BCUT2D eigenvalue weighted by molar-refractivity contribution is -0.136. The van der Waals surface area contributed by atoms with Gasteiger partial charge in [-0.1, -0.05) is 30.3 Å². The van der Waals surface area contributed by atoms with Crippen molar-refractivity contribution in [1.82, 2.24) is 4.90 Å². The highest BCUT2D eigenvalue weighted by Crippen LogP contribution is 2.05. The van der Waals surface area contributed by atoms with Gasteiger partial charge in [-0.05, 0) is 6.92 Å². The van der Waals surface area contributed by atoms with Gasteiger partial charge < -0.3 is 15.4 Å². The number of carbonyl (C=O) groups excluding carboxylic acids is 1. The summed E-state index contributed by atoms with van der Waals surface area (Å²) in [5.41, 5.74) is 6.75. The van der Waals surface area contributed by atoms with Crippen molar-refractivity contribution in [2.75, 3.05) is 26.3 Å². The average molecular weight is 261 g/mol. The standard InChI is InChI=1S/C14H19N3O2/c1-11(14(18)17-7-9-19-10-8-17)16-13(15)12-5-3-2-4-6-12/h2-6,11H,7-10H2,1H3,(H2,15,16). The zero-order valence-electron chi connectivity index (χ0n) is 11.1. The van der Waals surface area contributed by atoms with Crippen LogP contribution in [-0.4, -0.2) is 49.0 Å². The molecule has 1 heterocycles. The minimum Gasteiger partial charge on any atom is -0.383 e. The quantitative estimate of drug-likeness (QED) is 0.641. The van der Waals surface area contributed by atoms with Crippen molar-refractivity contribution < 1.29 is 9.53 Å². The van der Waals surface area contributed by atoms with E-state index in [1.165, 1.54) is 0 Å². The van der Waals surface area contributed by atoms with Gasteiger partial charge in [-0.15, -0.1) is 0 Å². The van der Waals surface area contributed by atoms with E-state index in [0.717, 1.165) is 5.56 Å². The highest BCUT2D eigenvalue weighted by molar-refractivity contribution is 5.99. The fraction of sp³-hybridized carbons (Fsp3) is 0.429. The molecule has 102 valence electrons. The lowest BCUT2D eigenvalue weighted by Crippen LogP contribution is -2.44. The van der Waals surface area contributed by atoms with E-state index in [2.05, 4.69) is 4.99 Å². The second kappa shape index (κ2) is 6.33. The van der Waals surface area contributed by atoms with Crippen LogP contribution in [0.4, 0.5) is 0 Å². The molecule has 5 nitrogen and oxygen atoms in total. The minimum absolute atomic E-state index is 0.00202. The Kier molecular flexibility index (Phi) is 4.52. The van der Waals surface area contributed by atoms with Gasteiger partial charge in [-0.2, -0.15) is 0 Å². The molecule has 0 aromatic heterocycles. The largest absolute Gasteiger partial charge is 0.383 e. The Labute approximate surface area is 113 Å². The number of ether oxygens (including phenoxy) is 1. The van der Waals surface area contributed by atoms with E-state index in [0.29, 0.717) is 32.1 Å². The smallest absolute Gasteiger partial charge is 0.247 e. The van der Waals surface area contributed by atoms with Gasteiger partial charge in [0, 0.05) is 18.7 Å². The molecular formula is C14H19N3O2. The number of hydrogen-bond acceptors (Lipinski definition) is 3. The molecule has 1 saturated heterocycles. The van der Waals surface area contributed by atoms with E-state index in [1.54, 1.807) is 11.8 Å². The second-order valence-corrected chi connectivity index (χ2v) is 4.49. The summed E-state index contributed by atoms with van der Waals surface area (Å²) in [7, 11) is 0. The van der Waals surface area contributed by atoms with Crippen molar-refractivity contribution in [3.8, 4) is 0 Å². The van der Waals surface area contributed by atoms with E-state index in [4.69, 9.17) is 10.5 Å². The van der Waals surface area contributed by atoms with E-state index < -0.39 is 6.04 Å². The second-order valence-electron chi connectivity index (χ2n) is 4.49. The molecule has 1 unspecified atom stereocenters. The van der Waals surface area contributed by atoms with Gasteiger partial charge in [-0.25, -0.2) is 0 Å². The third-order valence-corrected chi connectivity index (χ3v) is 3.08. The fourth-order valence-corrected chi connectivity index (χ4v) is 2.00. The molecular weight excluding hydrogens is 242 g/mol. The number of nitrogens with zero attached hydrogens (tertiary/aromatic N) is 2. The van der Waals surface area contributed by atoms with Gasteiger partial charge in [-0.3, -0.25) is 9.79 Å². The Hall–Kier alpha value is -1.88. The number of morpholine rings is 1. The number of aliphatic imine (C=N–C) groups is 1. The first kappa shape index (κ1) is 13.5. The predicted octanol–water partition coefficient (Wildman–Crippen LogP) is 0.639. The van der Waals surface area contributed by atoms with Crippen LogP contribution in [0.25, 0.3) is 0 Å². The first-order valence-corrected chi connectivity index (χ1v) is 6.43. The van der Waals surface area contributed by atoms with Crippen molar-refractivity contribution in [2.45, 2.75) is 13.0 Å². The van der Waals surface area contributed by atoms with Crippen LogP contribution in [0.1, 0.15) is 12.5 Å². The van der Waals surface area contributed by atoms with Crippen LogP contribution >= 0.6 is 0 Å². The van der Waals surface area contributed by atoms with E-state index >= 15 is 0 Å². The molecule has 2 rings (SSSR count). The third kappa shape index (κ3) is 3.54. The fourth-order valence-electron chi connectivity index (χ4n) is 2.00. The summed E-state index contributed by atoms with van der Waals surface area (Å²) in [4.78, 5) is 18.2. The normalized spacial score (nSPS) is 18.2. The molecule has 1 aromatic carbocycles. The molecule has 19 heavy (non-hydrogen) atoms. The molecule has 1 aromatic rings. The zero-order chi connectivity index (χ0) is 13.7. The number of rotatable bonds is 3. The molecule has 1 aliphatic rings. The highest BCUT2D eigenvalue weighted by atomic mass is 16.5. The molecule has 1 aliphatic heterocycles. The maximum absolute atomic E-state index is 12.2. The molecule has 0 spiro atoms. The zero-order valence-corrected chi connectivity index (χ0v) is 11.1. The van der Waals surface area contributed by atoms with Gasteiger partial charge in [0.05, 0.1) is 13.2 Å². The van der Waals surface area contributed by atoms with E-state index in [9.17, 15) is 4.79 Å². The van der Waals surface area contributed by atoms with Gasteiger partial charge in [0.15, 0.2) is 0 Å². The summed E-state index contributed by atoms with van der Waals surface area (Å²) in [6.07, 6.45) is 0. The monoisotopic (exact) mass is 261 g/mol. The van der Waals surface area contributed by atoms with E-state index in [-0.39, 0.29) is 5.91 Å². The number of nitrogens with two attached hydrogens (primary N) is 1. The summed E-state index contributed by atoms with van der Waals surface area (Å²) < 4.78 is 5.23. The first-order valence-electron chi connectivity index (χ1n) is 6.43. The van der Waals surface area contributed by atoms with Crippen molar-refractivity contribution in [3.63, 3.8) is 0 Å². The Morgan fingerprint density at radius 1 is 1.32 bits per heavy atom. The van der Waals surface area contributed by atoms with Gasteiger partial charge >= 0.3 is 0 Å². The summed E-state index contributed by atoms with van der Waals surface area (Å²) >= 11 is 0. The summed E-state index contributed by atoms with van der Waals surface area (Å²) in [5, 5.41) is 0. The molecule has 1 atom stereocenters. The van der Waals surface area contributed by atoms with Gasteiger partial charge in [0.1, 0.15) is 11.9 Å². The molecule has 5 heteroatoms. The number of carbonyl (C=O) groups is 1. The molecule has 0 radical (unpaired) electrons. The van der Waals surface area contributed by atoms with Gasteiger partial charge in [0.2, 0.25) is 5.91 Å². The molecule has 2 N–H and O–H groups in total. The van der Waals surface area contributed by atoms with Crippen molar-refractivity contribution in [1.29, 1.82) is 0 Å². The average Bonchev–Trinajstić information content (AvgIpc) is 2.48. The van der Waals surface area contributed by atoms with Crippen LogP contribution in [0.5, 0.6) is 0 Å². The molecule has 0 aliphatic carbocycles. The van der Waals surface area contributed by atoms with Crippen molar-refractivity contribution in [2.24, 2.45) is 10.7 Å². The van der Waals surface area contributed by atoms with Crippen LogP contribution in [0.15, 0.2) is 35.3 Å². The topological polar surface area (TPSA) is 67.9 Å². The summed E-state index contributed by atoms with van der Waals surface area (Å²) in [5.74, 6) is 0.400. The van der Waals surface area contributed by atoms with Crippen LogP contribution in [-0.2, 0) is 9.53 Å². The predicted molar refractivity (Wildman–Crippen MR) is 74.0 cm³/mol. The van der Waals surface area contributed by atoms with Crippen LogP contribution in [0.3, 0.4) is 0 Å². The van der Waals surface area contributed by atoms with Crippen LogP contribution < -0.4 is 5.73 Å². The number of hydrogen-bond donors (Lipinski definition) is 1. The molecule has 0 saturated carbocycles. The lowest BCUT2D eigenvalue weighted by Gasteiger charge is -2.28. The molecule has 1 fully saturated rings. The van der Waals surface area contributed by atoms with Crippen LogP contribution in [0.2, 0.25) is 0 Å². The van der Waals surface area contributed by atoms with Crippen LogP contribution in [0, 0.1) is 0 Å². The Morgan fingerprint density at radius 2 is 1.95 bits per heavy atom. The third-order valence-electron chi connectivity index (χ3n) is 3.08. The summed E-state index contributed by atoms with van der Waals surface area (Å²) in [6.45, 7) is 4.22. The maximum Gasteiger partial charge on any atom is 0.247 e. The molecule has 1 amide bonds. The maximum atomic E-state index is 12.2. The number of amides is 1. The highest BCUT2D eigenvalue weighted by Gasteiger charge is 2.22. The molecule has 0 bridgehead atoms. The summed E-state index contributed by atoms with van der Waals surface area (Å²) in [6, 6.07) is 9.01. The Bertz CT molecular complexity index is 453. The lowest BCUT2D eigenvalue weighted by atomic mass is 10.2. The van der Waals surface area contributed by atoms with Gasteiger partial charge in [0.25, 0.3) is 0 Å². The Morgan fingerprint density at radius 3 is 2.58 bits per heavy atom. The minimum atomic E-state index is -0.460. The first-order chi connectivity index (χ1) is 9.18.